The van der Waals surface area contributed by atoms with Crippen molar-refractivity contribution >= 4 is 34.0 Å². The summed E-state index contributed by atoms with van der Waals surface area (Å²) in [6.07, 6.45) is 1.69. The quantitative estimate of drug-likeness (QED) is 0.433. The van der Waals surface area contributed by atoms with Gasteiger partial charge in [0.2, 0.25) is 5.95 Å². The van der Waals surface area contributed by atoms with Crippen molar-refractivity contribution in [2.75, 3.05) is 11.6 Å². The van der Waals surface area contributed by atoms with Gasteiger partial charge in [-0.05, 0) is 35.9 Å². The van der Waals surface area contributed by atoms with Gasteiger partial charge in [-0.25, -0.2) is 9.99 Å². The second-order valence-electron chi connectivity index (χ2n) is 5.76. The summed E-state index contributed by atoms with van der Waals surface area (Å²) in [5, 5.41) is 18.6. The molecule has 4 rings (SSSR count). The number of anilines is 1. The first-order chi connectivity index (χ1) is 12.3. The molecule has 0 aliphatic rings. The molecule has 5 nitrogen and oxygen atoms in total. The second-order valence-corrected chi connectivity index (χ2v) is 5.76. The van der Waals surface area contributed by atoms with E-state index in [1.54, 1.807) is 17.3 Å². The van der Waals surface area contributed by atoms with Crippen LogP contribution in [0.4, 0.5) is 5.95 Å². The Morgan fingerprint density at radius 1 is 1.08 bits per heavy atom. The van der Waals surface area contributed by atoms with E-state index in [2.05, 4.69) is 15.1 Å². The van der Waals surface area contributed by atoms with Gasteiger partial charge in [-0.15, -0.1) is 0 Å². The highest BCUT2D eigenvalue weighted by molar-refractivity contribution is 6.02. The number of imidazole rings is 1. The lowest BCUT2D eigenvalue weighted by Gasteiger charge is -2.13. The number of fused-ring (bicyclic) bond motifs is 2. The molecule has 0 unspecified atom stereocenters. The molecule has 0 bridgehead atoms. The van der Waals surface area contributed by atoms with Crippen LogP contribution in [-0.4, -0.2) is 27.8 Å². The highest BCUT2D eigenvalue weighted by Gasteiger charge is 2.09. The number of aromatic nitrogens is 2. The van der Waals surface area contributed by atoms with E-state index >= 15 is 0 Å². The van der Waals surface area contributed by atoms with Gasteiger partial charge in [0.1, 0.15) is 5.75 Å². The highest BCUT2D eigenvalue weighted by atomic mass is 16.3. The SMILES string of the molecule is CCN(/N=C/c1c(O)ccc2ccccc12)c1nc2ccccc2[nH]1. The largest absolute Gasteiger partial charge is 0.507 e. The fourth-order valence-electron chi connectivity index (χ4n) is 2.89. The standard InChI is InChI=1S/C20H18N4O/c1-2-24(20-22-17-9-5-6-10-18(17)23-20)21-13-16-15-8-4-3-7-14(15)11-12-19(16)25/h3-13,25H,2H2,1H3,(H,22,23)/b21-13+. The smallest absolute Gasteiger partial charge is 0.224 e. The van der Waals surface area contributed by atoms with Crippen LogP contribution in [-0.2, 0) is 0 Å². The number of hydrogen-bond acceptors (Lipinski definition) is 4. The highest BCUT2D eigenvalue weighted by Crippen LogP contribution is 2.26. The molecule has 0 fully saturated rings. The number of nitrogens with one attached hydrogen (secondary N) is 1. The molecule has 0 spiro atoms. The van der Waals surface area contributed by atoms with Crippen LogP contribution in [0, 0.1) is 0 Å². The molecule has 124 valence electrons. The number of rotatable bonds is 4. The number of H-pyrrole nitrogens is 1. The minimum atomic E-state index is 0.211. The number of aromatic amines is 1. The zero-order chi connectivity index (χ0) is 17.2. The maximum Gasteiger partial charge on any atom is 0.224 e. The molecule has 25 heavy (non-hydrogen) atoms. The Kier molecular flexibility index (Phi) is 3.82. The van der Waals surface area contributed by atoms with Gasteiger partial charge in [0.05, 0.1) is 17.2 Å². The van der Waals surface area contributed by atoms with Gasteiger partial charge in [-0.3, -0.25) is 0 Å². The molecule has 0 aliphatic carbocycles. The molecule has 5 heteroatoms. The van der Waals surface area contributed by atoms with E-state index in [4.69, 9.17) is 0 Å². The average molecular weight is 330 g/mol. The Morgan fingerprint density at radius 2 is 1.88 bits per heavy atom. The molecule has 0 saturated carbocycles. The Morgan fingerprint density at radius 3 is 2.72 bits per heavy atom. The fourth-order valence-corrected chi connectivity index (χ4v) is 2.89. The minimum Gasteiger partial charge on any atom is -0.507 e. The maximum atomic E-state index is 10.2. The van der Waals surface area contributed by atoms with Crippen LogP contribution in [0.15, 0.2) is 65.8 Å². The monoisotopic (exact) mass is 330 g/mol. The third kappa shape index (κ3) is 2.80. The number of phenolic OH excluding ortho intramolecular Hbond substituents is 1. The summed E-state index contributed by atoms with van der Waals surface area (Å²) in [5.74, 6) is 0.891. The van der Waals surface area contributed by atoms with Crippen LogP contribution in [0.25, 0.3) is 21.8 Å². The van der Waals surface area contributed by atoms with E-state index in [1.165, 1.54) is 0 Å². The van der Waals surface area contributed by atoms with E-state index in [9.17, 15) is 5.11 Å². The molecule has 1 aromatic heterocycles. The summed E-state index contributed by atoms with van der Waals surface area (Å²) in [4.78, 5) is 7.85. The van der Waals surface area contributed by atoms with Gasteiger partial charge >= 0.3 is 0 Å². The van der Waals surface area contributed by atoms with E-state index < -0.39 is 0 Å². The second kappa shape index (κ2) is 6.28. The van der Waals surface area contributed by atoms with Crippen molar-refractivity contribution in [2.24, 2.45) is 5.10 Å². The third-order valence-corrected chi connectivity index (χ3v) is 4.19. The normalized spacial score (nSPS) is 11.6. The average Bonchev–Trinajstić information content (AvgIpc) is 3.07. The lowest BCUT2D eigenvalue weighted by Crippen LogP contribution is -2.17. The van der Waals surface area contributed by atoms with Crippen molar-refractivity contribution in [2.45, 2.75) is 6.92 Å². The molecule has 0 saturated heterocycles. The maximum absolute atomic E-state index is 10.2. The predicted molar refractivity (Wildman–Crippen MR) is 102 cm³/mol. The summed E-state index contributed by atoms with van der Waals surface area (Å²) >= 11 is 0. The number of hydrazone groups is 1. The van der Waals surface area contributed by atoms with Crippen LogP contribution in [0.3, 0.4) is 0 Å². The van der Waals surface area contributed by atoms with Gasteiger partial charge in [0.15, 0.2) is 0 Å². The Bertz CT molecular complexity index is 1030. The number of hydrogen-bond donors (Lipinski definition) is 2. The predicted octanol–water partition coefficient (Wildman–Crippen LogP) is 4.28. The van der Waals surface area contributed by atoms with Crippen LogP contribution in [0.1, 0.15) is 12.5 Å². The molecule has 1 heterocycles. The molecular formula is C20H18N4O. The van der Waals surface area contributed by atoms with E-state index in [1.807, 2.05) is 61.5 Å². The van der Waals surface area contributed by atoms with Crippen molar-refractivity contribution in [3.05, 3.63) is 66.2 Å². The summed E-state index contributed by atoms with van der Waals surface area (Å²) in [7, 11) is 0. The molecule has 0 atom stereocenters. The zero-order valence-electron chi connectivity index (χ0n) is 13.8. The van der Waals surface area contributed by atoms with Crippen molar-refractivity contribution in [3.8, 4) is 5.75 Å². The van der Waals surface area contributed by atoms with Crippen LogP contribution in [0.2, 0.25) is 0 Å². The van der Waals surface area contributed by atoms with Crippen LogP contribution in [0.5, 0.6) is 5.75 Å². The first-order valence-corrected chi connectivity index (χ1v) is 8.23. The van der Waals surface area contributed by atoms with E-state index in [0.29, 0.717) is 18.1 Å². The summed E-state index contributed by atoms with van der Waals surface area (Å²) < 4.78 is 0. The molecule has 0 aliphatic heterocycles. The third-order valence-electron chi connectivity index (χ3n) is 4.19. The van der Waals surface area contributed by atoms with Gasteiger partial charge in [0, 0.05) is 12.1 Å². The van der Waals surface area contributed by atoms with Crippen molar-refractivity contribution < 1.29 is 5.11 Å². The summed E-state index contributed by atoms with van der Waals surface area (Å²) in [6, 6.07) is 19.4. The Labute approximate surface area is 145 Å². The Hall–Kier alpha value is -3.34. The van der Waals surface area contributed by atoms with Crippen molar-refractivity contribution in [1.82, 2.24) is 9.97 Å². The van der Waals surface area contributed by atoms with E-state index in [0.717, 1.165) is 21.8 Å². The van der Waals surface area contributed by atoms with Gasteiger partial charge < -0.3 is 10.1 Å². The molecule has 4 aromatic rings. The lowest BCUT2D eigenvalue weighted by molar-refractivity contribution is 0.475. The number of benzene rings is 3. The first-order valence-electron chi connectivity index (χ1n) is 8.23. The molecular weight excluding hydrogens is 312 g/mol. The van der Waals surface area contributed by atoms with Crippen molar-refractivity contribution in [1.29, 1.82) is 0 Å². The lowest BCUT2D eigenvalue weighted by atomic mass is 10.0. The first kappa shape index (κ1) is 15.2. The topological polar surface area (TPSA) is 64.5 Å². The van der Waals surface area contributed by atoms with E-state index in [-0.39, 0.29) is 5.75 Å². The summed E-state index contributed by atoms with van der Waals surface area (Å²) in [5.41, 5.74) is 2.57. The van der Waals surface area contributed by atoms with Gasteiger partial charge in [0.25, 0.3) is 0 Å². The summed E-state index contributed by atoms with van der Waals surface area (Å²) in [6.45, 7) is 2.66. The molecule has 3 aromatic carbocycles. The van der Waals surface area contributed by atoms with Crippen LogP contribution >= 0.6 is 0 Å². The number of phenols is 1. The van der Waals surface area contributed by atoms with Gasteiger partial charge in [-0.2, -0.15) is 5.10 Å². The number of aromatic hydroxyl groups is 1. The van der Waals surface area contributed by atoms with Crippen LogP contribution < -0.4 is 5.01 Å². The molecule has 0 radical (unpaired) electrons. The number of nitrogens with zero attached hydrogens (tertiary/aromatic N) is 3. The minimum absolute atomic E-state index is 0.211. The van der Waals surface area contributed by atoms with Gasteiger partial charge in [-0.1, -0.05) is 42.5 Å². The fraction of sp³-hybridized carbons (Fsp3) is 0.100. The molecule has 0 amide bonds. The number of para-hydroxylation sites is 2. The zero-order valence-corrected chi connectivity index (χ0v) is 13.8. The Balaban J connectivity index is 1.73. The van der Waals surface area contributed by atoms with Crippen molar-refractivity contribution in [3.63, 3.8) is 0 Å². The molecule has 2 N–H and O–H groups in total.